The molecule has 3 aromatic rings. The second-order valence-corrected chi connectivity index (χ2v) is 5.58. The molecule has 0 saturated heterocycles. The fraction of sp³-hybridized carbons (Fsp3) is 0.308. The number of hydrogen-bond acceptors (Lipinski definition) is 4. The van der Waals surface area contributed by atoms with Crippen LogP contribution in [0.2, 0.25) is 0 Å². The molecule has 0 unspecified atom stereocenters. The Hall–Kier alpha value is -2.37. The first-order valence-corrected chi connectivity index (χ1v) is 6.10. The molecule has 0 aliphatic rings. The molecule has 0 spiro atoms. The van der Waals surface area contributed by atoms with E-state index < -0.39 is 0 Å². The maximum absolute atomic E-state index is 5.70. The van der Waals surface area contributed by atoms with Crippen LogP contribution in [0.5, 0.6) is 0 Å². The van der Waals surface area contributed by atoms with E-state index in [2.05, 4.69) is 36.0 Å². The van der Waals surface area contributed by atoms with Crippen LogP contribution in [0.4, 0.5) is 5.69 Å². The number of nitrogens with two attached hydrogens (primary N) is 1. The summed E-state index contributed by atoms with van der Waals surface area (Å²) in [4.78, 5) is 4.37. The molecule has 0 aliphatic heterocycles. The molecule has 0 bridgehead atoms. The fourth-order valence-corrected chi connectivity index (χ4v) is 1.90. The lowest BCUT2D eigenvalue weighted by Gasteiger charge is -2.13. The number of anilines is 1. The molecule has 6 heteroatoms. The zero-order chi connectivity index (χ0) is 13.6. The maximum atomic E-state index is 5.70. The minimum Gasteiger partial charge on any atom is -0.396 e. The molecule has 98 valence electrons. The van der Waals surface area contributed by atoms with Crippen LogP contribution in [0.25, 0.3) is 11.3 Å². The highest BCUT2D eigenvalue weighted by atomic mass is 15.3. The minimum absolute atomic E-state index is 0.00751. The van der Waals surface area contributed by atoms with E-state index in [1.165, 1.54) is 0 Å². The summed E-state index contributed by atoms with van der Waals surface area (Å²) in [7, 11) is 0. The molecule has 0 amide bonds. The molecule has 0 aliphatic carbocycles. The van der Waals surface area contributed by atoms with Crippen molar-refractivity contribution in [2.45, 2.75) is 26.2 Å². The van der Waals surface area contributed by atoms with Crippen LogP contribution < -0.4 is 5.73 Å². The van der Waals surface area contributed by atoms with Crippen molar-refractivity contribution in [1.29, 1.82) is 0 Å². The van der Waals surface area contributed by atoms with E-state index >= 15 is 0 Å². The van der Waals surface area contributed by atoms with Crippen molar-refractivity contribution in [3.05, 3.63) is 36.5 Å². The summed E-state index contributed by atoms with van der Waals surface area (Å²) in [6.45, 7) is 6.40. The van der Waals surface area contributed by atoms with E-state index in [0.29, 0.717) is 5.69 Å². The van der Waals surface area contributed by atoms with Gasteiger partial charge in [-0.3, -0.25) is 0 Å². The van der Waals surface area contributed by atoms with Crippen LogP contribution in [-0.2, 0) is 5.41 Å². The Kier molecular flexibility index (Phi) is 2.35. The molecule has 2 N–H and O–H groups in total. The zero-order valence-corrected chi connectivity index (χ0v) is 11.2. The highest BCUT2D eigenvalue weighted by Gasteiger charge is 2.19. The third-order valence-corrected chi connectivity index (χ3v) is 2.96. The smallest absolute Gasteiger partial charge is 0.179 e. The summed E-state index contributed by atoms with van der Waals surface area (Å²) in [5, 5.41) is 8.78. The van der Waals surface area contributed by atoms with E-state index in [1.54, 1.807) is 23.3 Å². The monoisotopic (exact) mass is 256 g/mol. The average Bonchev–Trinajstić information content (AvgIpc) is 2.93. The number of rotatable bonds is 1. The van der Waals surface area contributed by atoms with Crippen LogP contribution in [-0.4, -0.2) is 24.4 Å². The van der Waals surface area contributed by atoms with Crippen LogP contribution in [0.3, 0.4) is 0 Å². The summed E-state index contributed by atoms with van der Waals surface area (Å²) in [5.41, 5.74) is 8.23. The summed E-state index contributed by atoms with van der Waals surface area (Å²) in [6, 6.07) is 2.04. The van der Waals surface area contributed by atoms with Gasteiger partial charge in [0.25, 0.3) is 0 Å². The standard InChI is InChI=1S/C13H16N6/c1-13(2,3)11-6-10-12(15-4-5-18(10)17-11)19-8-9(14)7-16-19/h4-8H,14H2,1-3H3. The van der Waals surface area contributed by atoms with Gasteiger partial charge in [0.15, 0.2) is 5.82 Å². The highest BCUT2D eigenvalue weighted by Crippen LogP contribution is 2.24. The van der Waals surface area contributed by atoms with E-state index in [-0.39, 0.29) is 5.41 Å². The Morgan fingerprint density at radius 2 is 2.05 bits per heavy atom. The lowest BCUT2D eigenvalue weighted by molar-refractivity contribution is 0.562. The largest absolute Gasteiger partial charge is 0.396 e. The van der Waals surface area contributed by atoms with Crippen LogP contribution >= 0.6 is 0 Å². The SMILES string of the molecule is CC(C)(C)c1cc2c(-n3cc(N)cn3)nccn2n1. The molecule has 0 fully saturated rings. The first-order chi connectivity index (χ1) is 8.95. The molecule has 0 aromatic carbocycles. The molecule has 19 heavy (non-hydrogen) atoms. The van der Waals surface area contributed by atoms with Crippen LogP contribution in [0.1, 0.15) is 26.5 Å². The summed E-state index contributed by atoms with van der Waals surface area (Å²) in [6.07, 6.45) is 6.89. The Morgan fingerprint density at radius 3 is 2.68 bits per heavy atom. The number of hydrogen-bond donors (Lipinski definition) is 1. The second kappa shape index (κ2) is 3.81. The van der Waals surface area contributed by atoms with Crippen LogP contribution in [0, 0.1) is 0 Å². The minimum atomic E-state index is -0.00751. The topological polar surface area (TPSA) is 74.0 Å². The number of aromatic nitrogens is 5. The summed E-state index contributed by atoms with van der Waals surface area (Å²) < 4.78 is 3.49. The predicted molar refractivity (Wildman–Crippen MR) is 73.2 cm³/mol. The van der Waals surface area contributed by atoms with Crippen molar-refractivity contribution in [2.24, 2.45) is 0 Å². The van der Waals surface area contributed by atoms with Crippen molar-refractivity contribution in [2.75, 3.05) is 5.73 Å². The van der Waals surface area contributed by atoms with Gasteiger partial charge in [-0.05, 0) is 6.07 Å². The van der Waals surface area contributed by atoms with Gasteiger partial charge in [-0.2, -0.15) is 10.2 Å². The molecule has 6 nitrogen and oxygen atoms in total. The fourth-order valence-electron chi connectivity index (χ4n) is 1.90. The van der Waals surface area contributed by atoms with Gasteiger partial charge in [-0.15, -0.1) is 0 Å². The van der Waals surface area contributed by atoms with Crippen molar-refractivity contribution < 1.29 is 0 Å². The normalized spacial score (nSPS) is 12.2. The number of nitrogen functional groups attached to an aromatic ring is 1. The van der Waals surface area contributed by atoms with Gasteiger partial charge in [0, 0.05) is 17.8 Å². The molecule has 0 radical (unpaired) electrons. The second-order valence-electron chi connectivity index (χ2n) is 5.58. The Balaban J connectivity index is 2.23. The Labute approximate surface area is 110 Å². The van der Waals surface area contributed by atoms with Gasteiger partial charge >= 0.3 is 0 Å². The quantitative estimate of drug-likeness (QED) is 0.720. The molecule has 3 rings (SSSR count). The average molecular weight is 256 g/mol. The Morgan fingerprint density at radius 1 is 1.26 bits per heavy atom. The van der Waals surface area contributed by atoms with Gasteiger partial charge in [0.2, 0.25) is 0 Å². The molecular weight excluding hydrogens is 240 g/mol. The first kappa shape index (κ1) is 11.7. The first-order valence-electron chi connectivity index (χ1n) is 6.10. The third kappa shape index (κ3) is 1.95. The van der Waals surface area contributed by atoms with Gasteiger partial charge in [0.05, 0.1) is 23.8 Å². The predicted octanol–water partition coefficient (Wildman–Crippen LogP) is 1.79. The molecule has 3 aromatic heterocycles. The molecule has 0 atom stereocenters. The molecule has 0 saturated carbocycles. The van der Waals surface area contributed by atoms with Gasteiger partial charge in [-0.25, -0.2) is 14.2 Å². The lowest BCUT2D eigenvalue weighted by Crippen LogP contribution is -2.11. The zero-order valence-electron chi connectivity index (χ0n) is 11.2. The van der Waals surface area contributed by atoms with E-state index in [0.717, 1.165) is 17.0 Å². The van der Waals surface area contributed by atoms with E-state index in [4.69, 9.17) is 5.73 Å². The highest BCUT2D eigenvalue weighted by molar-refractivity contribution is 5.61. The van der Waals surface area contributed by atoms with Gasteiger partial charge < -0.3 is 5.73 Å². The van der Waals surface area contributed by atoms with Gasteiger partial charge in [0.1, 0.15) is 5.52 Å². The Bertz CT molecular complexity index is 731. The van der Waals surface area contributed by atoms with Crippen molar-refractivity contribution >= 4 is 11.2 Å². The maximum Gasteiger partial charge on any atom is 0.179 e. The summed E-state index contributed by atoms with van der Waals surface area (Å²) >= 11 is 0. The molecular formula is C13H16N6. The lowest BCUT2D eigenvalue weighted by atomic mass is 9.92. The van der Waals surface area contributed by atoms with Crippen molar-refractivity contribution in [3.8, 4) is 5.82 Å². The summed E-state index contributed by atoms with van der Waals surface area (Å²) in [5.74, 6) is 0.724. The van der Waals surface area contributed by atoms with Gasteiger partial charge in [-0.1, -0.05) is 20.8 Å². The van der Waals surface area contributed by atoms with Crippen LogP contribution in [0.15, 0.2) is 30.9 Å². The number of fused-ring (bicyclic) bond motifs is 1. The van der Waals surface area contributed by atoms with E-state index in [9.17, 15) is 0 Å². The van der Waals surface area contributed by atoms with E-state index in [1.807, 2.05) is 16.8 Å². The number of nitrogens with zero attached hydrogens (tertiary/aromatic N) is 5. The van der Waals surface area contributed by atoms with Crippen molar-refractivity contribution in [3.63, 3.8) is 0 Å². The molecule has 3 heterocycles. The third-order valence-electron chi connectivity index (χ3n) is 2.96. The van der Waals surface area contributed by atoms with Crippen molar-refractivity contribution in [1.82, 2.24) is 24.4 Å².